The Morgan fingerprint density at radius 3 is 2.95 bits per heavy atom. The molecule has 6 nitrogen and oxygen atoms in total. The number of carbonyl (C=O) groups is 1. The highest BCUT2D eigenvalue weighted by Crippen LogP contribution is 2.25. The lowest BCUT2D eigenvalue weighted by atomic mass is 10.2. The number of nitrogens with one attached hydrogen (secondary N) is 1. The molecule has 2 rings (SSSR count). The minimum atomic E-state index is -0.462. The SMILES string of the molecule is CCN(CC1CCCN1)C(=O)c1ccc([N+](=O)[O-])s1. The van der Waals surface area contributed by atoms with Crippen LogP contribution in [-0.4, -0.2) is 41.4 Å². The second kappa shape index (κ2) is 6.12. The van der Waals surface area contributed by atoms with E-state index in [0.29, 0.717) is 24.0 Å². The zero-order chi connectivity index (χ0) is 13.8. The first-order chi connectivity index (χ1) is 9.11. The Bertz CT molecular complexity index is 469. The number of carbonyl (C=O) groups excluding carboxylic acids is 1. The van der Waals surface area contributed by atoms with E-state index in [2.05, 4.69) is 5.32 Å². The van der Waals surface area contributed by atoms with Crippen LogP contribution in [0.5, 0.6) is 0 Å². The highest BCUT2D eigenvalue weighted by molar-refractivity contribution is 7.17. The number of nitro groups is 1. The van der Waals surface area contributed by atoms with Gasteiger partial charge in [-0.15, -0.1) is 0 Å². The number of likely N-dealkylation sites (N-methyl/N-ethyl adjacent to an activating group) is 1. The normalized spacial score (nSPS) is 18.5. The van der Waals surface area contributed by atoms with Gasteiger partial charge in [0, 0.05) is 25.2 Å². The van der Waals surface area contributed by atoms with E-state index in [1.54, 1.807) is 4.90 Å². The van der Waals surface area contributed by atoms with Crippen molar-refractivity contribution in [2.45, 2.75) is 25.8 Å². The Morgan fingerprint density at radius 1 is 1.63 bits per heavy atom. The Kier molecular flexibility index (Phi) is 4.49. The molecule has 1 saturated heterocycles. The molecule has 1 aliphatic heterocycles. The van der Waals surface area contributed by atoms with Gasteiger partial charge in [-0.1, -0.05) is 11.3 Å². The standard InChI is InChI=1S/C12H17N3O3S/c1-2-14(8-9-4-3-7-13-9)12(16)10-5-6-11(19-10)15(17)18/h5-6,9,13H,2-4,7-8H2,1H3. The summed E-state index contributed by atoms with van der Waals surface area (Å²) in [5.41, 5.74) is 0. The quantitative estimate of drug-likeness (QED) is 0.661. The molecule has 0 aromatic carbocycles. The van der Waals surface area contributed by atoms with E-state index in [1.807, 2.05) is 6.92 Å². The van der Waals surface area contributed by atoms with Gasteiger partial charge in [-0.05, 0) is 32.4 Å². The van der Waals surface area contributed by atoms with E-state index < -0.39 is 4.92 Å². The van der Waals surface area contributed by atoms with Gasteiger partial charge in [-0.3, -0.25) is 14.9 Å². The second-order valence-corrected chi connectivity index (χ2v) is 5.59. The molecule has 1 unspecified atom stereocenters. The van der Waals surface area contributed by atoms with Crippen LogP contribution in [0.3, 0.4) is 0 Å². The van der Waals surface area contributed by atoms with Gasteiger partial charge in [0.05, 0.1) is 9.80 Å². The first-order valence-electron chi connectivity index (χ1n) is 6.38. The zero-order valence-electron chi connectivity index (χ0n) is 10.8. The van der Waals surface area contributed by atoms with Crippen molar-refractivity contribution < 1.29 is 9.72 Å². The minimum Gasteiger partial charge on any atom is -0.337 e. The molecule has 0 radical (unpaired) electrons. The maximum absolute atomic E-state index is 12.3. The molecule has 1 N–H and O–H groups in total. The van der Waals surface area contributed by atoms with E-state index in [9.17, 15) is 14.9 Å². The maximum atomic E-state index is 12.3. The van der Waals surface area contributed by atoms with Crippen LogP contribution in [-0.2, 0) is 0 Å². The van der Waals surface area contributed by atoms with E-state index >= 15 is 0 Å². The lowest BCUT2D eigenvalue weighted by molar-refractivity contribution is -0.380. The summed E-state index contributed by atoms with van der Waals surface area (Å²) in [5, 5.41) is 14.0. The fourth-order valence-corrected chi connectivity index (χ4v) is 3.02. The van der Waals surface area contributed by atoms with Crippen LogP contribution in [0.4, 0.5) is 5.00 Å². The van der Waals surface area contributed by atoms with Crippen molar-refractivity contribution in [3.63, 3.8) is 0 Å². The third-order valence-corrected chi connectivity index (χ3v) is 4.28. The van der Waals surface area contributed by atoms with E-state index in [1.165, 1.54) is 12.1 Å². The summed E-state index contributed by atoms with van der Waals surface area (Å²) >= 11 is 0.940. The van der Waals surface area contributed by atoms with Gasteiger partial charge in [0.1, 0.15) is 0 Å². The average molecular weight is 283 g/mol. The monoisotopic (exact) mass is 283 g/mol. The average Bonchev–Trinajstić information content (AvgIpc) is 3.06. The zero-order valence-corrected chi connectivity index (χ0v) is 11.6. The molecule has 0 aliphatic carbocycles. The molecule has 1 atom stereocenters. The lowest BCUT2D eigenvalue weighted by Crippen LogP contribution is -2.40. The summed E-state index contributed by atoms with van der Waals surface area (Å²) in [6.07, 6.45) is 2.22. The molecule has 1 aliphatic rings. The summed E-state index contributed by atoms with van der Waals surface area (Å²) < 4.78 is 0. The van der Waals surface area contributed by atoms with Gasteiger partial charge in [0.25, 0.3) is 5.91 Å². The second-order valence-electron chi connectivity index (χ2n) is 4.53. The molecule has 2 heterocycles. The minimum absolute atomic E-state index is 0.0124. The number of amides is 1. The van der Waals surface area contributed by atoms with Gasteiger partial charge in [0.2, 0.25) is 0 Å². The van der Waals surface area contributed by atoms with Crippen molar-refractivity contribution in [1.82, 2.24) is 10.2 Å². The first kappa shape index (κ1) is 14.0. The smallest absolute Gasteiger partial charge is 0.324 e. The molecule has 0 bridgehead atoms. The highest BCUT2D eigenvalue weighted by atomic mass is 32.1. The van der Waals surface area contributed by atoms with Crippen LogP contribution in [0, 0.1) is 10.1 Å². The van der Waals surface area contributed by atoms with Crippen molar-refractivity contribution in [3.8, 4) is 0 Å². The molecule has 0 saturated carbocycles. The summed E-state index contributed by atoms with van der Waals surface area (Å²) in [6.45, 7) is 4.21. The van der Waals surface area contributed by atoms with Gasteiger partial charge >= 0.3 is 5.00 Å². The molecule has 19 heavy (non-hydrogen) atoms. The number of thiophene rings is 1. The lowest BCUT2D eigenvalue weighted by Gasteiger charge is -2.23. The van der Waals surface area contributed by atoms with Crippen molar-refractivity contribution in [2.24, 2.45) is 0 Å². The Balaban J connectivity index is 2.04. The largest absolute Gasteiger partial charge is 0.337 e. The maximum Gasteiger partial charge on any atom is 0.324 e. The van der Waals surface area contributed by atoms with Gasteiger partial charge < -0.3 is 10.2 Å². The molecular weight excluding hydrogens is 266 g/mol. The fourth-order valence-electron chi connectivity index (χ4n) is 2.23. The number of nitrogens with zero attached hydrogens (tertiary/aromatic N) is 2. The van der Waals surface area contributed by atoms with Crippen LogP contribution >= 0.6 is 11.3 Å². The molecule has 1 amide bonds. The third-order valence-electron chi connectivity index (χ3n) is 3.25. The molecule has 1 aromatic heterocycles. The van der Waals surface area contributed by atoms with Crippen LogP contribution < -0.4 is 5.32 Å². The van der Waals surface area contributed by atoms with Gasteiger partial charge in [-0.2, -0.15) is 0 Å². The van der Waals surface area contributed by atoms with E-state index in [-0.39, 0.29) is 10.9 Å². The van der Waals surface area contributed by atoms with Crippen LogP contribution in [0.15, 0.2) is 12.1 Å². The number of rotatable bonds is 5. The molecule has 0 spiro atoms. The summed E-state index contributed by atoms with van der Waals surface area (Å²) in [4.78, 5) is 24.6. The molecule has 1 aromatic rings. The van der Waals surface area contributed by atoms with Crippen molar-refractivity contribution in [1.29, 1.82) is 0 Å². The predicted octanol–water partition coefficient (Wildman–Crippen LogP) is 1.87. The van der Waals surface area contributed by atoms with Crippen molar-refractivity contribution in [3.05, 3.63) is 27.1 Å². The Hall–Kier alpha value is -1.47. The van der Waals surface area contributed by atoms with Crippen LogP contribution in [0.1, 0.15) is 29.4 Å². The molecule has 1 fully saturated rings. The predicted molar refractivity (Wildman–Crippen MR) is 73.6 cm³/mol. The molecular formula is C12H17N3O3S. The summed E-state index contributed by atoms with van der Waals surface area (Å²) in [7, 11) is 0. The Labute approximate surface area is 115 Å². The van der Waals surface area contributed by atoms with Crippen molar-refractivity contribution in [2.75, 3.05) is 19.6 Å². The Morgan fingerprint density at radius 2 is 2.42 bits per heavy atom. The van der Waals surface area contributed by atoms with E-state index in [4.69, 9.17) is 0 Å². The molecule has 7 heteroatoms. The highest BCUT2D eigenvalue weighted by Gasteiger charge is 2.23. The number of hydrogen-bond donors (Lipinski definition) is 1. The topological polar surface area (TPSA) is 75.5 Å². The van der Waals surface area contributed by atoms with Crippen LogP contribution in [0.2, 0.25) is 0 Å². The van der Waals surface area contributed by atoms with Crippen LogP contribution in [0.25, 0.3) is 0 Å². The first-order valence-corrected chi connectivity index (χ1v) is 7.20. The summed E-state index contributed by atoms with van der Waals surface area (Å²) in [6, 6.07) is 3.27. The number of hydrogen-bond acceptors (Lipinski definition) is 5. The van der Waals surface area contributed by atoms with Gasteiger partial charge in [0.15, 0.2) is 0 Å². The third kappa shape index (κ3) is 3.30. The fraction of sp³-hybridized carbons (Fsp3) is 0.583. The summed E-state index contributed by atoms with van der Waals surface area (Å²) in [5.74, 6) is -0.116. The van der Waals surface area contributed by atoms with Gasteiger partial charge in [-0.25, -0.2) is 0 Å². The van der Waals surface area contributed by atoms with Crippen molar-refractivity contribution >= 4 is 22.2 Å². The van der Waals surface area contributed by atoms with E-state index in [0.717, 1.165) is 30.7 Å². The molecule has 104 valence electrons.